The molecule has 11 heteroatoms. The van der Waals surface area contributed by atoms with E-state index in [1.54, 1.807) is 17.0 Å². The van der Waals surface area contributed by atoms with E-state index in [1.165, 1.54) is 11.8 Å². The van der Waals surface area contributed by atoms with Gasteiger partial charge in [0.25, 0.3) is 0 Å². The highest BCUT2D eigenvalue weighted by Crippen LogP contribution is 2.53. The number of amides is 1. The van der Waals surface area contributed by atoms with Crippen molar-refractivity contribution in [2.45, 2.75) is 41.7 Å². The molecule has 3 aliphatic rings. The zero-order valence-corrected chi connectivity index (χ0v) is 23.0. The number of aryl methyl sites for hydroxylation is 1. The number of benzene rings is 2. The van der Waals surface area contributed by atoms with Crippen LogP contribution in [0.3, 0.4) is 0 Å². The van der Waals surface area contributed by atoms with E-state index < -0.39 is 32.0 Å². The molecule has 38 heavy (non-hydrogen) atoms. The Bertz CT molecular complexity index is 1360. The predicted molar refractivity (Wildman–Crippen MR) is 147 cm³/mol. The number of thioether (sulfide) groups is 1. The van der Waals surface area contributed by atoms with Crippen molar-refractivity contribution in [3.8, 4) is 0 Å². The first-order valence-electron chi connectivity index (χ1n) is 12.5. The molecule has 2 aromatic carbocycles. The van der Waals surface area contributed by atoms with Crippen molar-refractivity contribution < 1.29 is 27.9 Å². The third-order valence-electron chi connectivity index (χ3n) is 7.24. The second-order valence-electron chi connectivity index (χ2n) is 9.78. The summed E-state index contributed by atoms with van der Waals surface area (Å²) in [6.45, 7) is 2.29. The summed E-state index contributed by atoms with van der Waals surface area (Å²) in [6.07, 6.45) is 3.20. The highest BCUT2D eigenvalue weighted by molar-refractivity contribution is 8.18. The second kappa shape index (κ2) is 11.0. The van der Waals surface area contributed by atoms with Crippen LogP contribution in [-0.4, -0.2) is 66.7 Å². The molecule has 2 fully saturated rings. The standard InChI is InChI=1S/C27H29ClN2O6S2/c28-21-7-5-19(6-8-21)23-9-11-25(37-23)38(34,35)29-27(26(32)33)17-22(27)20-3-1-2-18(16-20)4-10-24(31)30-12-14-36-15-13-30/h1-3,5-9,16,22,25,29H,4,10-15,17H2,(H,32,33). The number of carboxylic acid groups (broad SMARTS) is 1. The Hall–Kier alpha value is -2.37. The number of hydrogen-bond acceptors (Lipinski definition) is 6. The SMILES string of the molecule is O=C(CCc1cccc(C2CC2(NS(=O)(=O)C2CC=C(c3ccc(Cl)cc3)S2)C(=O)O)c1)N1CCOCC1. The van der Waals surface area contributed by atoms with E-state index in [4.69, 9.17) is 16.3 Å². The molecule has 202 valence electrons. The lowest BCUT2D eigenvalue weighted by Crippen LogP contribution is -2.47. The minimum absolute atomic E-state index is 0.0680. The molecule has 8 nitrogen and oxygen atoms in total. The van der Waals surface area contributed by atoms with E-state index in [-0.39, 0.29) is 18.7 Å². The smallest absolute Gasteiger partial charge is 0.325 e. The van der Waals surface area contributed by atoms with Crippen LogP contribution in [0.2, 0.25) is 5.02 Å². The maximum absolute atomic E-state index is 13.3. The van der Waals surface area contributed by atoms with Crippen molar-refractivity contribution in [1.82, 2.24) is 9.62 Å². The summed E-state index contributed by atoms with van der Waals surface area (Å²) in [4.78, 5) is 27.5. The van der Waals surface area contributed by atoms with Gasteiger partial charge in [-0.1, -0.05) is 54.1 Å². The lowest BCUT2D eigenvalue weighted by atomic mass is 10.0. The molecular formula is C27H29ClN2O6S2. The van der Waals surface area contributed by atoms with E-state index in [2.05, 4.69) is 4.72 Å². The first-order valence-corrected chi connectivity index (χ1v) is 15.3. The van der Waals surface area contributed by atoms with E-state index >= 15 is 0 Å². The number of carboxylic acids is 1. The van der Waals surface area contributed by atoms with Crippen LogP contribution in [0.1, 0.15) is 41.9 Å². The first-order chi connectivity index (χ1) is 18.2. The van der Waals surface area contributed by atoms with Crippen LogP contribution in [0, 0.1) is 0 Å². The predicted octanol–water partition coefficient (Wildman–Crippen LogP) is 3.87. The number of rotatable bonds is 9. The fourth-order valence-corrected chi connectivity index (χ4v) is 8.33. The molecular weight excluding hydrogens is 548 g/mol. The van der Waals surface area contributed by atoms with E-state index in [0.29, 0.717) is 44.2 Å². The Morgan fingerprint density at radius 1 is 1.16 bits per heavy atom. The number of aliphatic carboxylic acids is 1. The van der Waals surface area contributed by atoms with Gasteiger partial charge in [0.1, 0.15) is 10.1 Å². The summed E-state index contributed by atoms with van der Waals surface area (Å²) in [6, 6.07) is 14.6. The first kappa shape index (κ1) is 27.2. The molecule has 2 heterocycles. The van der Waals surface area contributed by atoms with Crippen molar-refractivity contribution in [2.24, 2.45) is 0 Å². The van der Waals surface area contributed by atoms with Crippen molar-refractivity contribution in [3.63, 3.8) is 0 Å². The lowest BCUT2D eigenvalue weighted by molar-refractivity contribution is -0.140. The van der Waals surface area contributed by atoms with Gasteiger partial charge in [-0.25, -0.2) is 8.42 Å². The zero-order valence-electron chi connectivity index (χ0n) is 20.6. The molecule has 3 unspecified atom stereocenters. The summed E-state index contributed by atoms with van der Waals surface area (Å²) in [5.74, 6) is -1.61. The van der Waals surface area contributed by atoms with Crippen molar-refractivity contribution in [3.05, 3.63) is 76.3 Å². The summed E-state index contributed by atoms with van der Waals surface area (Å²) in [5.41, 5.74) is 0.968. The number of hydrogen-bond donors (Lipinski definition) is 2. The molecule has 1 aliphatic carbocycles. The van der Waals surface area contributed by atoms with Crippen LogP contribution in [0.5, 0.6) is 0 Å². The largest absolute Gasteiger partial charge is 0.480 e. The van der Waals surface area contributed by atoms with Crippen molar-refractivity contribution in [1.29, 1.82) is 0 Å². The Balaban J connectivity index is 1.23. The average Bonchev–Trinajstić information content (AvgIpc) is 3.41. The topological polar surface area (TPSA) is 113 Å². The van der Waals surface area contributed by atoms with Gasteiger partial charge in [0.15, 0.2) is 0 Å². The van der Waals surface area contributed by atoms with Crippen molar-refractivity contribution in [2.75, 3.05) is 26.3 Å². The number of ether oxygens (including phenoxy) is 1. The third kappa shape index (κ3) is 5.79. The minimum atomic E-state index is -3.94. The Labute approximate surface area is 231 Å². The Kier molecular flexibility index (Phi) is 7.89. The van der Waals surface area contributed by atoms with Crippen LogP contribution in [0.25, 0.3) is 4.91 Å². The van der Waals surface area contributed by atoms with Crippen LogP contribution >= 0.6 is 23.4 Å². The normalized spacial score (nSPS) is 25.2. The second-order valence-corrected chi connectivity index (χ2v) is 13.6. The molecule has 0 radical (unpaired) electrons. The van der Waals surface area contributed by atoms with E-state index in [0.717, 1.165) is 21.6 Å². The summed E-state index contributed by atoms with van der Waals surface area (Å²) in [5, 5.41) is 10.7. The quantitative estimate of drug-likeness (QED) is 0.466. The van der Waals surface area contributed by atoms with Crippen LogP contribution in [-0.2, 0) is 30.8 Å². The number of sulfonamides is 1. The summed E-state index contributed by atoms with van der Waals surface area (Å²) >= 11 is 7.17. The number of carbonyl (C=O) groups is 2. The Morgan fingerprint density at radius 3 is 2.61 bits per heavy atom. The van der Waals surface area contributed by atoms with Gasteiger partial charge in [0, 0.05) is 35.4 Å². The molecule has 0 bridgehead atoms. The number of nitrogens with one attached hydrogen (secondary N) is 1. The molecule has 5 rings (SSSR count). The average molecular weight is 577 g/mol. The van der Waals surface area contributed by atoms with Gasteiger partial charge in [0.05, 0.1) is 13.2 Å². The molecule has 1 saturated heterocycles. The molecule has 0 spiro atoms. The monoisotopic (exact) mass is 576 g/mol. The molecule has 3 atom stereocenters. The fourth-order valence-electron chi connectivity index (χ4n) is 5.00. The van der Waals surface area contributed by atoms with E-state index in [1.807, 2.05) is 42.5 Å². The summed E-state index contributed by atoms with van der Waals surface area (Å²) in [7, 11) is -3.94. The van der Waals surface area contributed by atoms with Gasteiger partial charge >= 0.3 is 5.97 Å². The highest BCUT2D eigenvalue weighted by atomic mass is 35.5. The zero-order chi connectivity index (χ0) is 26.9. The maximum atomic E-state index is 13.3. The number of halogens is 1. The number of carbonyl (C=O) groups excluding carboxylic acids is 1. The van der Waals surface area contributed by atoms with Gasteiger partial charge in [-0.2, -0.15) is 4.72 Å². The molecule has 2 aromatic rings. The molecule has 1 saturated carbocycles. The maximum Gasteiger partial charge on any atom is 0.325 e. The number of nitrogens with zero attached hydrogens (tertiary/aromatic N) is 1. The minimum Gasteiger partial charge on any atom is -0.480 e. The van der Waals surface area contributed by atoms with Gasteiger partial charge in [0.2, 0.25) is 15.9 Å². The van der Waals surface area contributed by atoms with Crippen LogP contribution < -0.4 is 4.72 Å². The molecule has 2 N–H and O–H groups in total. The summed E-state index contributed by atoms with van der Waals surface area (Å²) < 4.78 is 33.6. The van der Waals surface area contributed by atoms with Gasteiger partial charge in [-0.05, 0) is 48.1 Å². The third-order valence-corrected chi connectivity index (χ3v) is 11.2. The van der Waals surface area contributed by atoms with Crippen LogP contribution in [0.4, 0.5) is 0 Å². The van der Waals surface area contributed by atoms with Gasteiger partial charge < -0.3 is 14.7 Å². The lowest BCUT2D eigenvalue weighted by Gasteiger charge is -2.26. The molecule has 2 aliphatic heterocycles. The fraction of sp³-hybridized carbons (Fsp3) is 0.407. The van der Waals surface area contributed by atoms with Gasteiger partial charge in [-0.15, -0.1) is 11.8 Å². The Morgan fingerprint density at radius 2 is 1.89 bits per heavy atom. The van der Waals surface area contributed by atoms with Gasteiger partial charge in [-0.3, -0.25) is 9.59 Å². The van der Waals surface area contributed by atoms with E-state index in [9.17, 15) is 23.1 Å². The number of morpholine rings is 1. The number of allylic oxidation sites excluding steroid dienone is 1. The van der Waals surface area contributed by atoms with Crippen LogP contribution in [0.15, 0.2) is 54.6 Å². The molecule has 1 amide bonds. The van der Waals surface area contributed by atoms with Crippen molar-refractivity contribution >= 4 is 50.2 Å². The highest BCUT2D eigenvalue weighted by Gasteiger charge is 2.63. The molecule has 0 aromatic heterocycles.